The van der Waals surface area contributed by atoms with Gasteiger partial charge >= 0.3 is 0 Å². The number of carbonyl (C=O) groups is 3. The van der Waals surface area contributed by atoms with E-state index in [0.29, 0.717) is 23.3 Å². The van der Waals surface area contributed by atoms with Crippen LogP contribution in [0.1, 0.15) is 49.2 Å². The van der Waals surface area contributed by atoms with Gasteiger partial charge in [-0.05, 0) is 56.5 Å². The molecule has 0 radical (unpaired) electrons. The lowest BCUT2D eigenvalue weighted by Crippen LogP contribution is -2.54. The zero-order chi connectivity index (χ0) is 29.1. The third kappa shape index (κ3) is 10.2. The van der Waals surface area contributed by atoms with Crippen LogP contribution in [0.4, 0.5) is 0 Å². The maximum Gasteiger partial charge on any atom is 0.251 e. The highest BCUT2D eigenvalue weighted by Gasteiger charge is 2.28. The maximum atomic E-state index is 13.5. The number of carbonyl (C=O) groups excluding carboxylic acids is 3. The smallest absolute Gasteiger partial charge is 0.251 e. The molecule has 0 aliphatic carbocycles. The van der Waals surface area contributed by atoms with Crippen molar-refractivity contribution in [2.24, 2.45) is 0 Å². The number of rotatable bonds is 12. The summed E-state index contributed by atoms with van der Waals surface area (Å²) in [5, 5.41) is 20.2. The average Bonchev–Trinajstić information content (AvgIpc) is 2.91. The number of hydrogen-bond donors (Lipinski definition) is 4. The molecule has 212 valence electrons. The topological polar surface area (TPSA) is 108 Å². The summed E-state index contributed by atoms with van der Waals surface area (Å²) < 4.78 is 0. The van der Waals surface area contributed by atoms with E-state index in [1.165, 1.54) is 18.7 Å². The molecule has 3 aromatic rings. The third-order valence-electron chi connectivity index (χ3n) is 6.12. The number of amides is 3. The van der Waals surface area contributed by atoms with Crippen molar-refractivity contribution in [1.29, 1.82) is 0 Å². The molecule has 0 saturated carbocycles. The van der Waals surface area contributed by atoms with E-state index in [1.54, 1.807) is 12.1 Å². The van der Waals surface area contributed by atoms with Crippen LogP contribution in [0, 0.1) is 0 Å². The van der Waals surface area contributed by atoms with Crippen molar-refractivity contribution in [1.82, 2.24) is 16.0 Å². The van der Waals surface area contributed by atoms with Gasteiger partial charge in [-0.2, -0.15) is 0 Å². The molecule has 0 heterocycles. The molecule has 8 heteroatoms. The Morgan fingerprint density at radius 2 is 1.43 bits per heavy atom. The van der Waals surface area contributed by atoms with Gasteiger partial charge in [0.05, 0.1) is 12.1 Å². The van der Waals surface area contributed by atoms with Gasteiger partial charge < -0.3 is 21.1 Å². The summed E-state index contributed by atoms with van der Waals surface area (Å²) in [5.41, 5.74) is 1.70. The summed E-state index contributed by atoms with van der Waals surface area (Å²) in [4.78, 5) is 39.4. The van der Waals surface area contributed by atoms with Crippen molar-refractivity contribution in [3.8, 4) is 0 Å². The first-order valence-electron chi connectivity index (χ1n) is 13.4. The van der Waals surface area contributed by atoms with E-state index in [2.05, 4.69) is 16.0 Å². The highest BCUT2D eigenvalue weighted by atomic mass is 32.2. The molecule has 0 unspecified atom stereocenters. The molecule has 3 atom stereocenters. The Kier molecular flexibility index (Phi) is 11.3. The molecule has 0 saturated heterocycles. The Bertz CT molecular complexity index is 1260. The van der Waals surface area contributed by atoms with Crippen LogP contribution in [0.25, 0.3) is 0 Å². The standard InChI is InChI=1S/C32H39N3O4S/c1-22(36)33-28(21-40-25-16-9-6-10-17-25)31(39)34-27(19-23-13-7-5-8-14-23)29(37)20-24-15-11-12-18-26(24)30(38)35-32(2,3)4/h5-18,27-29,37H,19-21H2,1-4H3,(H,33,36)(H,34,39)(H,35,38)/t27-,28+,29+/m0/s1. The molecule has 0 aliphatic heterocycles. The van der Waals surface area contributed by atoms with Crippen LogP contribution in [0.3, 0.4) is 0 Å². The Balaban J connectivity index is 1.81. The van der Waals surface area contributed by atoms with Gasteiger partial charge in [-0.25, -0.2) is 0 Å². The van der Waals surface area contributed by atoms with Crippen molar-refractivity contribution in [3.05, 3.63) is 102 Å². The van der Waals surface area contributed by atoms with Crippen LogP contribution in [-0.4, -0.2) is 52.3 Å². The van der Waals surface area contributed by atoms with Crippen LogP contribution in [0.15, 0.2) is 89.8 Å². The summed E-state index contributed by atoms with van der Waals surface area (Å²) in [6, 6.07) is 25.0. The summed E-state index contributed by atoms with van der Waals surface area (Å²) in [6.45, 7) is 7.11. The van der Waals surface area contributed by atoms with Crippen molar-refractivity contribution in [3.63, 3.8) is 0 Å². The number of hydrogen-bond acceptors (Lipinski definition) is 5. The largest absolute Gasteiger partial charge is 0.391 e. The fraction of sp³-hybridized carbons (Fsp3) is 0.344. The predicted molar refractivity (Wildman–Crippen MR) is 160 cm³/mol. The van der Waals surface area contributed by atoms with Gasteiger partial charge in [0.25, 0.3) is 5.91 Å². The van der Waals surface area contributed by atoms with Crippen LogP contribution in [-0.2, 0) is 22.4 Å². The molecule has 0 aromatic heterocycles. The molecular weight excluding hydrogens is 522 g/mol. The normalized spacial score (nSPS) is 13.5. The monoisotopic (exact) mass is 561 g/mol. The van der Waals surface area contributed by atoms with Gasteiger partial charge in [0.1, 0.15) is 6.04 Å². The van der Waals surface area contributed by atoms with Crippen LogP contribution >= 0.6 is 11.8 Å². The Morgan fingerprint density at radius 1 is 0.825 bits per heavy atom. The predicted octanol–water partition coefficient (Wildman–Crippen LogP) is 4.14. The van der Waals surface area contributed by atoms with Gasteiger partial charge in [-0.3, -0.25) is 14.4 Å². The van der Waals surface area contributed by atoms with Gasteiger partial charge in [0.2, 0.25) is 11.8 Å². The first-order valence-corrected chi connectivity index (χ1v) is 14.4. The average molecular weight is 562 g/mol. The van der Waals surface area contributed by atoms with Crippen molar-refractivity contribution in [2.45, 2.75) is 69.2 Å². The number of aliphatic hydroxyl groups excluding tert-OH is 1. The quantitative estimate of drug-likeness (QED) is 0.249. The Morgan fingerprint density at radius 3 is 2.05 bits per heavy atom. The second kappa shape index (κ2) is 14.7. The van der Waals surface area contributed by atoms with Crippen LogP contribution in [0.2, 0.25) is 0 Å². The minimum absolute atomic E-state index is 0.162. The maximum absolute atomic E-state index is 13.5. The molecule has 0 bridgehead atoms. The molecule has 3 amide bonds. The second-order valence-corrected chi connectivity index (χ2v) is 11.9. The fourth-order valence-electron chi connectivity index (χ4n) is 4.25. The first kappa shape index (κ1) is 30.9. The summed E-state index contributed by atoms with van der Waals surface area (Å²) in [7, 11) is 0. The van der Waals surface area contributed by atoms with Gasteiger partial charge in [-0.15, -0.1) is 11.8 Å². The highest BCUT2D eigenvalue weighted by molar-refractivity contribution is 7.99. The van der Waals surface area contributed by atoms with E-state index >= 15 is 0 Å². The van der Waals surface area contributed by atoms with Crippen LogP contribution < -0.4 is 16.0 Å². The molecular formula is C32H39N3O4S. The van der Waals surface area contributed by atoms with Gasteiger partial charge in [-0.1, -0.05) is 66.7 Å². The molecule has 0 aliphatic rings. The van der Waals surface area contributed by atoms with E-state index in [-0.39, 0.29) is 24.1 Å². The van der Waals surface area contributed by atoms with E-state index in [1.807, 2.05) is 93.6 Å². The van der Waals surface area contributed by atoms with E-state index < -0.39 is 23.7 Å². The molecule has 0 spiro atoms. The minimum atomic E-state index is -0.993. The molecule has 3 aromatic carbocycles. The molecule has 40 heavy (non-hydrogen) atoms. The SMILES string of the molecule is CC(=O)N[C@H](CSc1ccccc1)C(=O)N[C@@H](Cc1ccccc1)[C@H](O)Cc1ccccc1C(=O)NC(C)(C)C. The molecule has 0 fully saturated rings. The Labute approximate surface area is 241 Å². The van der Waals surface area contributed by atoms with Gasteiger partial charge in [0.15, 0.2) is 0 Å². The summed E-state index contributed by atoms with van der Waals surface area (Å²) >= 11 is 1.47. The lowest BCUT2D eigenvalue weighted by Gasteiger charge is -2.28. The first-order chi connectivity index (χ1) is 19.0. The van der Waals surface area contributed by atoms with E-state index in [9.17, 15) is 19.5 Å². The number of benzene rings is 3. The molecule has 3 rings (SSSR count). The third-order valence-corrected chi connectivity index (χ3v) is 7.23. The minimum Gasteiger partial charge on any atom is -0.391 e. The van der Waals surface area contributed by atoms with Crippen molar-refractivity contribution >= 4 is 29.5 Å². The fourth-order valence-corrected chi connectivity index (χ4v) is 5.20. The number of thioether (sulfide) groups is 1. The zero-order valence-electron chi connectivity index (χ0n) is 23.5. The van der Waals surface area contributed by atoms with Crippen molar-refractivity contribution in [2.75, 3.05) is 5.75 Å². The molecule has 4 N–H and O–H groups in total. The van der Waals surface area contributed by atoms with E-state index in [4.69, 9.17) is 0 Å². The molecule has 7 nitrogen and oxygen atoms in total. The summed E-state index contributed by atoms with van der Waals surface area (Å²) in [5.74, 6) is -0.577. The second-order valence-electron chi connectivity index (χ2n) is 10.8. The highest BCUT2D eigenvalue weighted by Crippen LogP contribution is 2.19. The van der Waals surface area contributed by atoms with Crippen LogP contribution in [0.5, 0.6) is 0 Å². The number of aliphatic hydroxyl groups is 1. The Hall–Kier alpha value is -3.62. The van der Waals surface area contributed by atoms with Crippen molar-refractivity contribution < 1.29 is 19.5 Å². The lowest BCUT2D eigenvalue weighted by molar-refractivity contribution is -0.128. The lowest BCUT2D eigenvalue weighted by atomic mass is 9.93. The summed E-state index contributed by atoms with van der Waals surface area (Å²) in [6.07, 6.45) is -0.454. The van der Waals surface area contributed by atoms with E-state index in [0.717, 1.165) is 10.5 Å². The number of nitrogens with one attached hydrogen (secondary N) is 3. The zero-order valence-corrected chi connectivity index (χ0v) is 24.3. The van der Waals surface area contributed by atoms with Gasteiger partial charge in [0, 0.05) is 35.1 Å².